The maximum absolute atomic E-state index is 13.5. The van der Waals surface area contributed by atoms with Crippen LogP contribution in [-0.2, 0) is 6.42 Å². The van der Waals surface area contributed by atoms with Crippen molar-refractivity contribution >= 4 is 29.1 Å². The predicted molar refractivity (Wildman–Crippen MR) is 139 cm³/mol. The Labute approximate surface area is 214 Å². The number of nitrogens with zero attached hydrogens (tertiary/aromatic N) is 4. The molecule has 0 fully saturated rings. The molecule has 0 spiro atoms. The molecular formula is C27H24Cl2N4O2. The molecule has 0 saturated heterocycles. The zero-order valence-electron chi connectivity index (χ0n) is 19.8. The summed E-state index contributed by atoms with van der Waals surface area (Å²) in [5.74, 6) is 0.620. The Morgan fingerprint density at radius 2 is 1.86 bits per heavy atom. The lowest BCUT2D eigenvalue weighted by Crippen LogP contribution is -2.33. The molecule has 2 heterocycles. The summed E-state index contributed by atoms with van der Waals surface area (Å²) in [4.78, 5) is 19.4. The van der Waals surface area contributed by atoms with Gasteiger partial charge in [0.2, 0.25) is 0 Å². The first-order chi connectivity index (χ1) is 16.8. The predicted octanol–water partition coefficient (Wildman–Crippen LogP) is 6.30. The summed E-state index contributed by atoms with van der Waals surface area (Å²) in [6, 6.07) is 13.3. The number of rotatable bonds is 5. The van der Waals surface area contributed by atoms with E-state index in [1.807, 2.05) is 32.0 Å². The number of hydrogen-bond donors (Lipinski definition) is 0. The minimum absolute atomic E-state index is 0.0324. The van der Waals surface area contributed by atoms with Crippen molar-refractivity contribution in [2.75, 3.05) is 14.2 Å². The number of pyridine rings is 1. The minimum atomic E-state index is -0.129. The van der Waals surface area contributed by atoms with Crippen molar-refractivity contribution in [3.8, 4) is 33.8 Å². The Kier molecular flexibility index (Phi) is 6.03. The smallest absolute Gasteiger partial charge is 0.274 e. The third kappa shape index (κ3) is 4.07. The van der Waals surface area contributed by atoms with Gasteiger partial charge in [0.15, 0.2) is 5.69 Å². The molecule has 0 atom stereocenters. The van der Waals surface area contributed by atoms with E-state index >= 15 is 0 Å². The molecule has 0 N–H and O–H groups in total. The Bertz CT molecular complexity index is 1430. The molecule has 0 unspecified atom stereocenters. The average Bonchev–Trinajstić information content (AvgIpc) is 3.39. The number of aromatic nitrogens is 3. The summed E-state index contributed by atoms with van der Waals surface area (Å²) in [5, 5.41) is 5.78. The highest BCUT2D eigenvalue weighted by Gasteiger charge is 2.34. The number of ether oxygens (including phenoxy) is 1. The highest BCUT2D eigenvalue weighted by Crippen LogP contribution is 2.45. The average molecular weight is 507 g/mol. The zero-order chi connectivity index (χ0) is 24.9. The molecule has 2 aromatic heterocycles. The lowest BCUT2D eigenvalue weighted by atomic mass is 9.99. The molecule has 5 rings (SSSR count). The van der Waals surface area contributed by atoms with Gasteiger partial charge < -0.3 is 9.64 Å². The van der Waals surface area contributed by atoms with Crippen LogP contribution in [0.2, 0.25) is 10.0 Å². The van der Waals surface area contributed by atoms with Gasteiger partial charge in [-0.15, -0.1) is 0 Å². The van der Waals surface area contributed by atoms with Gasteiger partial charge in [0.25, 0.3) is 5.91 Å². The topological polar surface area (TPSA) is 60.2 Å². The van der Waals surface area contributed by atoms with E-state index in [-0.39, 0.29) is 11.9 Å². The number of fused-ring (bicyclic) bond motifs is 3. The third-order valence-corrected chi connectivity index (χ3v) is 6.83. The summed E-state index contributed by atoms with van der Waals surface area (Å²) in [6.45, 7) is 3.96. The Hall–Kier alpha value is -3.35. The second kappa shape index (κ2) is 9.02. The Balaban J connectivity index is 1.77. The molecular weight excluding hydrogens is 483 g/mol. The first kappa shape index (κ1) is 23.4. The van der Waals surface area contributed by atoms with E-state index in [0.29, 0.717) is 27.8 Å². The van der Waals surface area contributed by atoms with Gasteiger partial charge in [-0.05, 0) is 55.8 Å². The second-order valence-electron chi connectivity index (χ2n) is 8.85. The van der Waals surface area contributed by atoms with Gasteiger partial charge in [0.05, 0.1) is 18.5 Å². The van der Waals surface area contributed by atoms with Crippen molar-refractivity contribution in [2.24, 2.45) is 0 Å². The summed E-state index contributed by atoms with van der Waals surface area (Å²) in [6.07, 6.45) is 4.11. The van der Waals surface area contributed by atoms with E-state index in [2.05, 4.69) is 11.1 Å². The zero-order valence-corrected chi connectivity index (χ0v) is 21.4. The van der Waals surface area contributed by atoms with Crippen molar-refractivity contribution in [2.45, 2.75) is 26.3 Å². The molecule has 1 amide bonds. The van der Waals surface area contributed by atoms with Crippen LogP contribution in [0.5, 0.6) is 5.75 Å². The van der Waals surface area contributed by atoms with Gasteiger partial charge >= 0.3 is 0 Å². The van der Waals surface area contributed by atoms with Crippen LogP contribution in [0.1, 0.15) is 35.5 Å². The molecule has 35 heavy (non-hydrogen) atoms. The quantitative estimate of drug-likeness (QED) is 0.280. The summed E-state index contributed by atoms with van der Waals surface area (Å²) < 4.78 is 7.51. The lowest BCUT2D eigenvalue weighted by Gasteiger charge is -2.20. The molecule has 4 aromatic rings. The fourth-order valence-electron chi connectivity index (χ4n) is 4.41. The minimum Gasteiger partial charge on any atom is -0.496 e. The van der Waals surface area contributed by atoms with E-state index in [9.17, 15) is 4.79 Å². The number of hydrogen-bond acceptors (Lipinski definition) is 4. The number of halogens is 2. The second-order valence-corrected chi connectivity index (χ2v) is 9.73. The Morgan fingerprint density at radius 1 is 1.11 bits per heavy atom. The van der Waals surface area contributed by atoms with Gasteiger partial charge in [0, 0.05) is 64.2 Å². The molecule has 0 aliphatic heterocycles. The van der Waals surface area contributed by atoms with Crippen LogP contribution in [0.25, 0.3) is 28.1 Å². The maximum Gasteiger partial charge on any atom is 0.274 e. The van der Waals surface area contributed by atoms with Crippen molar-refractivity contribution in [1.29, 1.82) is 0 Å². The standard InChI is InChI=1S/C27H24Cl2N4O2/c1-15(2)32(3)27(34)25-23-8-17-9-24(35-4)21(16-6-5-7-30-14-16)13-22(17)26(23)33(31-25)20-11-18(28)10-19(29)12-20/h5-7,9-15H,8H2,1-4H3. The van der Waals surface area contributed by atoms with Gasteiger partial charge in [-0.3, -0.25) is 9.78 Å². The van der Waals surface area contributed by atoms with Gasteiger partial charge in [-0.1, -0.05) is 29.3 Å². The van der Waals surface area contributed by atoms with Gasteiger partial charge in [0.1, 0.15) is 5.75 Å². The highest BCUT2D eigenvalue weighted by atomic mass is 35.5. The largest absolute Gasteiger partial charge is 0.496 e. The maximum atomic E-state index is 13.5. The van der Waals surface area contributed by atoms with Crippen LogP contribution < -0.4 is 4.74 Å². The van der Waals surface area contributed by atoms with E-state index in [0.717, 1.165) is 39.3 Å². The first-order valence-corrected chi connectivity index (χ1v) is 12.0. The number of carbonyl (C=O) groups excluding carboxylic acids is 1. The third-order valence-electron chi connectivity index (χ3n) is 6.39. The summed E-state index contributed by atoms with van der Waals surface area (Å²) in [5.41, 5.74) is 6.73. The Morgan fingerprint density at radius 3 is 2.49 bits per heavy atom. The first-order valence-electron chi connectivity index (χ1n) is 11.3. The summed E-state index contributed by atoms with van der Waals surface area (Å²) in [7, 11) is 3.45. The molecule has 8 heteroatoms. The van der Waals surface area contributed by atoms with Crippen LogP contribution in [0, 0.1) is 0 Å². The van der Waals surface area contributed by atoms with Crippen LogP contribution in [0.15, 0.2) is 54.9 Å². The fourth-order valence-corrected chi connectivity index (χ4v) is 4.93. The van der Waals surface area contributed by atoms with E-state index in [1.54, 1.807) is 54.3 Å². The van der Waals surface area contributed by atoms with Crippen molar-refractivity contribution in [1.82, 2.24) is 19.7 Å². The number of methoxy groups -OCH3 is 1. The number of amides is 1. The van der Waals surface area contributed by atoms with Crippen molar-refractivity contribution < 1.29 is 9.53 Å². The van der Waals surface area contributed by atoms with Crippen LogP contribution in [0.4, 0.5) is 0 Å². The van der Waals surface area contributed by atoms with Crippen LogP contribution in [0.3, 0.4) is 0 Å². The van der Waals surface area contributed by atoms with Crippen LogP contribution >= 0.6 is 23.2 Å². The fraction of sp³-hybridized carbons (Fsp3) is 0.222. The molecule has 2 aromatic carbocycles. The van der Waals surface area contributed by atoms with Crippen molar-refractivity contribution in [3.63, 3.8) is 0 Å². The summed E-state index contributed by atoms with van der Waals surface area (Å²) >= 11 is 12.7. The van der Waals surface area contributed by atoms with E-state index in [4.69, 9.17) is 33.0 Å². The molecule has 0 saturated carbocycles. The normalized spacial score (nSPS) is 12.0. The molecule has 1 aliphatic carbocycles. The molecule has 0 bridgehead atoms. The van der Waals surface area contributed by atoms with Crippen molar-refractivity contribution in [3.05, 3.63) is 81.7 Å². The van der Waals surface area contributed by atoms with E-state index in [1.165, 1.54) is 0 Å². The molecule has 178 valence electrons. The van der Waals surface area contributed by atoms with Gasteiger partial charge in [-0.25, -0.2) is 4.68 Å². The highest BCUT2D eigenvalue weighted by molar-refractivity contribution is 6.34. The lowest BCUT2D eigenvalue weighted by molar-refractivity contribution is 0.0747. The van der Waals surface area contributed by atoms with Crippen LogP contribution in [-0.4, -0.2) is 45.8 Å². The number of carbonyl (C=O) groups is 1. The van der Waals surface area contributed by atoms with Gasteiger partial charge in [-0.2, -0.15) is 5.10 Å². The van der Waals surface area contributed by atoms with E-state index < -0.39 is 0 Å². The SMILES string of the molecule is COc1cc2c(cc1-c1cccnc1)-c1c(c(C(=O)N(C)C(C)C)nn1-c1cc(Cl)cc(Cl)c1)C2. The molecule has 0 radical (unpaired) electrons. The number of benzene rings is 2. The molecule has 1 aliphatic rings. The molecule has 6 nitrogen and oxygen atoms in total. The monoisotopic (exact) mass is 506 g/mol.